The second-order valence-electron chi connectivity index (χ2n) is 8.18. The standard InChI is InChI=1S/C23H40OSi/c1-3-4-5-6-9-18-25-19-16-22(17-20-25)11-8-7-10-21-12-14-23(24-2)15-13-21/h12-15,22,25H,3-11,16-20H2,1-2H3. The predicted molar refractivity (Wildman–Crippen MR) is 114 cm³/mol. The molecule has 1 aliphatic rings. The Morgan fingerprint density at radius 1 is 0.920 bits per heavy atom. The van der Waals surface area contributed by atoms with Gasteiger partial charge in [0.2, 0.25) is 0 Å². The third-order valence-corrected chi connectivity index (χ3v) is 9.69. The van der Waals surface area contributed by atoms with Crippen LogP contribution in [0.5, 0.6) is 5.75 Å². The van der Waals surface area contributed by atoms with E-state index in [1.165, 1.54) is 56.9 Å². The van der Waals surface area contributed by atoms with Crippen LogP contribution in [0.15, 0.2) is 24.3 Å². The summed E-state index contributed by atoms with van der Waals surface area (Å²) in [6.45, 7) is 2.31. The van der Waals surface area contributed by atoms with Gasteiger partial charge in [0.15, 0.2) is 0 Å². The van der Waals surface area contributed by atoms with Crippen LogP contribution in [-0.2, 0) is 6.42 Å². The molecule has 142 valence electrons. The summed E-state index contributed by atoms with van der Waals surface area (Å²) < 4.78 is 5.23. The summed E-state index contributed by atoms with van der Waals surface area (Å²) in [6.07, 6.45) is 16.0. The van der Waals surface area contributed by atoms with Gasteiger partial charge in [0.05, 0.1) is 7.11 Å². The number of benzene rings is 1. The zero-order valence-electron chi connectivity index (χ0n) is 16.8. The lowest BCUT2D eigenvalue weighted by molar-refractivity contribution is 0.414. The summed E-state index contributed by atoms with van der Waals surface area (Å²) in [6, 6.07) is 13.6. The number of ether oxygens (including phenoxy) is 1. The zero-order valence-corrected chi connectivity index (χ0v) is 17.9. The van der Waals surface area contributed by atoms with Gasteiger partial charge in [-0.2, -0.15) is 0 Å². The molecule has 1 aliphatic heterocycles. The number of aryl methyl sites for hydroxylation is 1. The van der Waals surface area contributed by atoms with E-state index < -0.39 is 0 Å². The molecule has 0 saturated carbocycles. The van der Waals surface area contributed by atoms with Crippen molar-refractivity contribution in [3.63, 3.8) is 0 Å². The van der Waals surface area contributed by atoms with Gasteiger partial charge in [0.1, 0.15) is 5.75 Å². The van der Waals surface area contributed by atoms with Gasteiger partial charge in [-0.1, -0.05) is 95.0 Å². The third kappa shape index (κ3) is 8.44. The normalized spacial score (nSPS) is 20.6. The molecular formula is C23H40OSi. The van der Waals surface area contributed by atoms with Crippen molar-refractivity contribution in [3.8, 4) is 5.75 Å². The summed E-state index contributed by atoms with van der Waals surface area (Å²) >= 11 is 0. The largest absolute Gasteiger partial charge is 0.497 e. The molecule has 0 amide bonds. The molecule has 1 aromatic rings. The van der Waals surface area contributed by atoms with Gasteiger partial charge in [-0.25, -0.2) is 0 Å². The minimum absolute atomic E-state index is 0.326. The summed E-state index contributed by atoms with van der Waals surface area (Å²) in [5.41, 5.74) is 1.46. The molecule has 1 nitrogen and oxygen atoms in total. The minimum Gasteiger partial charge on any atom is -0.497 e. The Hall–Kier alpha value is -0.763. The van der Waals surface area contributed by atoms with Crippen LogP contribution in [0.2, 0.25) is 18.1 Å². The van der Waals surface area contributed by atoms with Gasteiger partial charge in [-0.05, 0) is 36.5 Å². The molecular weight excluding hydrogens is 320 g/mol. The van der Waals surface area contributed by atoms with E-state index in [2.05, 4.69) is 31.2 Å². The Bertz CT molecular complexity index is 434. The Labute approximate surface area is 158 Å². The van der Waals surface area contributed by atoms with Crippen LogP contribution in [-0.4, -0.2) is 15.9 Å². The van der Waals surface area contributed by atoms with E-state index in [1.807, 2.05) is 0 Å². The summed E-state index contributed by atoms with van der Waals surface area (Å²) in [5, 5.41) is 0. The van der Waals surface area contributed by atoms with E-state index in [0.29, 0.717) is 0 Å². The fourth-order valence-electron chi connectivity index (χ4n) is 4.40. The van der Waals surface area contributed by atoms with Crippen LogP contribution >= 0.6 is 0 Å². The van der Waals surface area contributed by atoms with Crippen molar-refractivity contribution in [2.24, 2.45) is 5.92 Å². The highest BCUT2D eigenvalue weighted by molar-refractivity contribution is 6.58. The number of methoxy groups -OCH3 is 1. The van der Waals surface area contributed by atoms with Gasteiger partial charge < -0.3 is 4.74 Å². The lowest BCUT2D eigenvalue weighted by Crippen LogP contribution is -2.21. The van der Waals surface area contributed by atoms with E-state index in [4.69, 9.17) is 4.74 Å². The quantitative estimate of drug-likeness (QED) is 0.287. The first-order valence-corrected chi connectivity index (χ1v) is 13.4. The van der Waals surface area contributed by atoms with Crippen LogP contribution in [0.4, 0.5) is 0 Å². The third-order valence-electron chi connectivity index (χ3n) is 6.17. The van der Waals surface area contributed by atoms with Crippen molar-refractivity contribution < 1.29 is 4.74 Å². The lowest BCUT2D eigenvalue weighted by Gasteiger charge is -2.27. The molecule has 0 radical (unpaired) electrons. The van der Waals surface area contributed by atoms with Crippen molar-refractivity contribution in [3.05, 3.63) is 29.8 Å². The Balaban J connectivity index is 1.49. The molecule has 25 heavy (non-hydrogen) atoms. The molecule has 0 aromatic heterocycles. The maximum absolute atomic E-state index is 5.23. The van der Waals surface area contributed by atoms with Crippen LogP contribution in [0, 0.1) is 5.92 Å². The predicted octanol–water partition coefficient (Wildman–Crippen LogP) is 7.02. The van der Waals surface area contributed by atoms with Crippen LogP contribution in [0.1, 0.15) is 76.7 Å². The van der Waals surface area contributed by atoms with Crippen LogP contribution in [0.3, 0.4) is 0 Å². The van der Waals surface area contributed by atoms with Crippen molar-refractivity contribution >= 4 is 8.80 Å². The van der Waals surface area contributed by atoms with Crippen LogP contribution < -0.4 is 4.74 Å². The van der Waals surface area contributed by atoms with Crippen molar-refractivity contribution in [1.29, 1.82) is 0 Å². The number of hydrogen-bond donors (Lipinski definition) is 0. The second-order valence-corrected chi connectivity index (χ2v) is 11.6. The average Bonchev–Trinajstić information content (AvgIpc) is 2.66. The highest BCUT2D eigenvalue weighted by atomic mass is 28.3. The summed E-state index contributed by atoms with van der Waals surface area (Å²) in [5.74, 6) is 2.02. The van der Waals surface area contributed by atoms with Gasteiger partial charge >= 0.3 is 0 Å². The topological polar surface area (TPSA) is 9.23 Å². The van der Waals surface area contributed by atoms with Gasteiger partial charge in [0, 0.05) is 8.80 Å². The highest BCUT2D eigenvalue weighted by Gasteiger charge is 2.21. The number of rotatable bonds is 12. The molecule has 0 unspecified atom stereocenters. The Morgan fingerprint density at radius 3 is 2.32 bits per heavy atom. The molecule has 1 saturated heterocycles. The molecule has 0 atom stereocenters. The lowest BCUT2D eigenvalue weighted by atomic mass is 9.95. The second kappa shape index (κ2) is 12.6. The molecule has 1 aromatic carbocycles. The summed E-state index contributed by atoms with van der Waals surface area (Å²) in [7, 11) is 1.41. The van der Waals surface area contributed by atoms with Crippen molar-refractivity contribution in [2.75, 3.05) is 7.11 Å². The molecule has 0 bridgehead atoms. The summed E-state index contributed by atoms with van der Waals surface area (Å²) in [4.78, 5) is 0. The average molecular weight is 361 g/mol. The molecule has 0 aliphatic carbocycles. The van der Waals surface area contributed by atoms with E-state index >= 15 is 0 Å². The molecule has 2 rings (SSSR count). The zero-order chi connectivity index (χ0) is 17.7. The SMILES string of the molecule is CCCCCCC[SiH]1CCC(CCCCc2ccc(OC)cc2)CC1. The Kier molecular flexibility index (Phi) is 10.3. The first-order chi connectivity index (χ1) is 12.3. The minimum atomic E-state index is -0.326. The van der Waals surface area contributed by atoms with E-state index in [0.717, 1.165) is 11.7 Å². The van der Waals surface area contributed by atoms with Crippen LogP contribution in [0.25, 0.3) is 0 Å². The van der Waals surface area contributed by atoms with Gasteiger partial charge in [0.25, 0.3) is 0 Å². The first kappa shape index (κ1) is 20.5. The number of hydrogen-bond acceptors (Lipinski definition) is 1. The molecule has 0 N–H and O–H groups in total. The van der Waals surface area contributed by atoms with Gasteiger partial charge in [-0.3, -0.25) is 0 Å². The van der Waals surface area contributed by atoms with E-state index in [-0.39, 0.29) is 8.80 Å². The van der Waals surface area contributed by atoms with Crippen molar-refractivity contribution in [2.45, 2.75) is 95.7 Å². The maximum atomic E-state index is 5.23. The smallest absolute Gasteiger partial charge is 0.118 e. The molecule has 1 heterocycles. The highest BCUT2D eigenvalue weighted by Crippen LogP contribution is 2.31. The fourth-order valence-corrected chi connectivity index (χ4v) is 8.02. The Morgan fingerprint density at radius 2 is 1.64 bits per heavy atom. The van der Waals surface area contributed by atoms with Crippen molar-refractivity contribution in [1.82, 2.24) is 0 Å². The molecule has 1 fully saturated rings. The fraction of sp³-hybridized carbons (Fsp3) is 0.739. The van der Waals surface area contributed by atoms with E-state index in [9.17, 15) is 0 Å². The van der Waals surface area contributed by atoms with Gasteiger partial charge in [-0.15, -0.1) is 0 Å². The number of unbranched alkanes of at least 4 members (excludes halogenated alkanes) is 5. The first-order valence-electron chi connectivity index (χ1n) is 10.9. The molecule has 0 spiro atoms. The van der Waals surface area contributed by atoms with E-state index in [1.54, 1.807) is 44.5 Å². The molecule has 2 heteroatoms. The maximum Gasteiger partial charge on any atom is 0.118 e. The monoisotopic (exact) mass is 360 g/mol.